The lowest BCUT2D eigenvalue weighted by Gasteiger charge is -2.64. The number of aliphatic hydroxyl groups is 1. The van der Waals surface area contributed by atoms with Crippen molar-refractivity contribution in [3.63, 3.8) is 0 Å². The summed E-state index contributed by atoms with van der Waals surface area (Å²) in [5.41, 5.74) is 11.7. The number of pyridine rings is 1. The number of hydrogen-bond donors (Lipinski definition) is 3. The second-order valence-electron chi connectivity index (χ2n) is 8.48. The zero-order chi connectivity index (χ0) is 18.5. The average Bonchev–Trinajstić information content (AvgIpc) is 2.56. The predicted molar refractivity (Wildman–Crippen MR) is 102 cm³/mol. The van der Waals surface area contributed by atoms with Crippen molar-refractivity contribution in [2.75, 3.05) is 6.54 Å². The van der Waals surface area contributed by atoms with Gasteiger partial charge in [0.2, 0.25) is 5.91 Å². The SMILES string of the molecule is NC(=O)C12CC3CC(CC(O)(C3)C1)C2N(CCc1ccncc1)C(N)=S. The summed E-state index contributed by atoms with van der Waals surface area (Å²) < 4.78 is 0. The molecule has 4 fully saturated rings. The van der Waals surface area contributed by atoms with E-state index in [4.69, 9.17) is 23.7 Å². The fraction of sp³-hybridized carbons (Fsp3) is 0.632. The molecule has 0 spiro atoms. The number of carbonyl (C=O) groups is 1. The van der Waals surface area contributed by atoms with E-state index in [0.29, 0.717) is 30.4 Å². The minimum Gasteiger partial charge on any atom is -0.390 e. The topological polar surface area (TPSA) is 105 Å². The lowest BCUT2D eigenvalue weighted by molar-refractivity contribution is -0.197. The third-order valence-corrected chi connectivity index (χ3v) is 6.99. The maximum Gasteiger partial charge on any atom is 0.225 e. The Kier molecular flexibility index (Phi) is 4.19. The van der Waals surface area contributed by atoms with Crippen molar-refractivity contribution in [3.8, 4) is 0 Å². The zero-order valence-electron chi connectivity index (χ0n) is 14.8. The van der Waals surface area contributed by atoms with E-state index in [0.717, 1.165) is 31.2 Å². The number of primary amides is 1. The molecule has 7 heteroatoms. The van der Waals surface area contributed by atoms with Crippen LogP contribution < -0.4 is 11.5 Å². The third-order valence-electron chi connectivity index (χ3n) is 6.76. The van der Waals surface area contributed by atoms with Crippen molar-refractivity contribution in [2.24, 2.45) is 28.7 Å². The normalized spacial score (nSPS) is 37.5. The maximum atomic E-state index is 12.6. The molecule has 26 heavy (non-hydrogen) atoms. The van der Waals surface area contributed by atoms with Crippen LogP contribution in [0.25, 0.3) is 0 Å². The van der Waals surface area contributed by atoms with Crippen molar-refractivity contribution in [3.05, 3.63) is 30.1 Å². The Morgan fingerprint density at radius 1 is 1.31 bits per heavy atom. The van der Waals surface area contributed by atoms with Crippen molar-refractivity contribution >= 4 is 23.2 Å². The summed E-state index contributed by atoms with van der Waals surface area (Å²) in [5.74, 6) is 0.248. The molecule has 1 heterocycles. The van der Waals surface area contributed by atoms with Crippen LogP contribution in [0.5, 0.6) is 0 Å². The number of hydrogen-bond acceptors (Lipinski definition) is 4. The van der Waals surface area contributed by atoms with Gasteiger partial charge in [-0.3, -0.25) is 9.78 Å². The monoisotopic (exact) mass is 374 g/mol. The molecule has 0 aliphatic heterocycles. The van der Waals surface area contributed by atoms with Gasteiger partial charge in [-0.25, -0.2) is 0 Å². The van der Waals surface area contributed by atoms with Gasteiger partial charge in [-0.05, 0) is 80.3 Å². The van der Waals surface area contributed by atoms with Crippen molar-refractivity contribution < 1.29 is 9.90 Å². The number of amides is 1. The van der Waals surface area contributed by atoms with E-state index in [1.165, 1.54) is 0 Å². The highest BCUT2D eigenvalue weighted by Crippen LogP contribution is 2.62. The van der Waals surface area contributed by atoms with Crippen molar-refractivity contribution in [2.45, 2.75) is 50.2 Å². The Morgan fingerprint density at radius 3 is 2.65 bits per heavy atom. The molecular formula is C19H26N4O2S. The standard InChI is InChI=1S/C19H26N4O2S/c20-16(24)19-9-13-7-14(10-18(25,8-13)11-19)15(19)23(17(21)26)6-3-12-1-4-22-5-2-12/h1-2,4-5,13-15,25H,3,6-11H2,(H2,20,24)(H2,21,26). The first kappa shape index (κ1) is 17.7. The molecule has 1 aromatic heterocycles. The van der Waals surface area contributed by atoms with Crippen LogP contribution in [-0.2, 0) is 11.2 Å². The fourth-order valence-corrected chi connectivity index (χ4v) is 6.37. The molecular weight excluding hydrogens is 348 g/mol. The van der Waals surface area contributed by atoms with Gasteiger partial charge in [0.25, 0.3) is 0 Å². The van der Waals surface area contributed by atoms with Crippen LogP contribution in [0, 0.1) is 17.3 Å². The number of nitrogens with two attached hydrogens (primary N) is 2. The average molecular weight is 375 g/mol. The van der Waals surface area contributed by atoms with Crippen molar-refractivity contribution in [1.29, 1.82) is 0 Å². The molecule has 0 saturated heterocycles. The molecule has 4 aliphatic rings. The van der Waals surface area contributed by atoms with E-state index < -0.39 is 11.0 Å². The molecule has 1 amide bonds. The molecule has 6 nitrogen and oxygen atoms in total. The molecule has 5 unspecified atom stereocenters. The summed E-state index contributed by atoms with van der Waals surface area (Å²) in [6.07, 6.45) is 7.98. The first-order valence-electron chi connectivity index (χ1n) is 9.30. The Morgan fingerprint density at radius 2 is 2.04 bits per heavy atom. The summed E-state index contributed by atoms with van der Waals surface area (Å²) >= 11 is 5.37. The first-order chi connectivity index (χ1) is 12.3. The van der Waals surface area contributed by atoms with Crippen LogP contribution in [0.1, 0.15) is 37.7 Å². The Hall–Kier alpha value is -1.73. The second-order valence-corrected chi connectivity index (χ2v) is 8.90. The molecule has 1 aromatic rings. The number of nitrogens with zero attached hydrogens (tertiary/aromatic N) is 2. The molecule has 0 radical (unpaired) electrons. The van der Waals surface area contributed by atoms with Gasteiger partial charge in [-0.2, -0.15) is 0 Å². The van der Waals surface area contributed by atoms with E-state index in [1.807, 2.05) is 17.0 Å². The highest BCUT2D eigenvalue weighted by Gasteiger charge is 2.66. The first-order valence-corrected chi connectivity index (χ1v) is 9.71. The fourth-order valence-electron chi connectivity index (χ4n) is 6.17. The number of rotatable bonds is 5. The second kappa shape index (κ2) is 6.16. The molecule has 4 saturated carbocycles. The molecule has 5 atom stereocenters. The molecule has 140 valence electrons. The van der Waals surface area contributed by atoms with Gasteiger partial charge in [-0.15, -0.1) is 0 Å². The predicted octanol–water partition coefficient (Wildman–Crippen LogP) is 0.965. The van der Waals surface area contributed by atoms with Crippen LogP contribution in [0.15, 0.2) is 24.5 Å². The van der Waals surface area contributed by atoms with Gasteiger partial charge < -0.3 is 21.5 Å². The van der Waals surface area contributed by atoms with E-state index in [9.17, 15) is 9.90 Å². The van der Waals surface area contributed by atoms with Gasteiger partial charge in [0.05, 0.1) is 11.0 Å². The summed E-state index contributed by atoms with van der Waals surface area (Å²) in [5, 5.41) is 11.3. The number of carbonyl (C=O) groups excluding carboxylic acids is 1. The van der Waals surface area contributed by atoms with Crippen molar-refractivity contribution in [1.82, 2.24) is 9.88 Å². The Balaban J connectivity index is 1.64. The van der Waals surface area contributed by atoms with Crippen LogP contribution in [0.3, 0.4) is 0 Å². The summed E-state index contributed by atoms with van der Waals surface area (Å²) in [6.45, 7) is 0.638. The molecule has 5 rings (SSSR count). The Bertz CT molecular complexity index is 730. The lowest BCUT2D eigenvalue weighted by atomic mass is 9.45. The summed E-state index contributed by atoms with van der Waals surface area (Å²) in [4.78, 5) is 18.7. The molecule has 4 aliphatic carbocycles. The van der Waals surface area contributed by atoms with E-state index >= 15 is 0 Å². The number of thiocarbonyl (C=S) groups is 1. The van der Waals surface area contributed by atoms with E-state index in [1.54, 1.807) is 12.4 Å². The Labute approximate surface area is 158 Å². The molecule has 4 bridgehead atoms. The van der Waals surface area contributed by atoms with Crippen LogP contribution in [0.4, 0.5) is 0 Å². The molecule has 5 N–H and O–H groups in total. The van der Waals surface area contributed by atoms with Crippen LogP contribution in [-0.4, -0.2) is 44.2 Å². The quantitative estimate of drug-likeness (QED) is 0.663. The minimum atomic E-state index is -0.760. The van der Waals surface area contributed by atoms with E-state index in [2.05, 4.69) is 4.98 Å². The van der Waals surface area contributed by atoms with Crippen LogP contribution in [0.2, 0.25) is 0 Å². The summed E-state index contributed by atoms with van der Waals surface area (Å²) in [7, 11) is 0. The summed E-state index contributed by atoms with van der Waals surface area (Å²) in [6, 6.07) is 3.83. The minimum absolute atomic E-state index is 0.115. The van der Waals surface area contributed by atoms with Gasteiger partial charge in [0, 0.05) is 25.0 Å². The highest BCUT2D eigenvalue weighted by molar-refractivity contribution is 7.80. The van der Waals surface area contributed by atoms with E-state index in [-0.39, 0.29) is 17.9 Å². The van der Waals surface area contributed by atoms with Gasteiger partial charge in [0.1, 0.15) is 0 Å². The smallest absolute Gasteiger partial charge is 0.225 e. The maximum absolute atomic E-state index is 12.6. The third kappa shape index (κ3) is 2.77. The molecule has 0 aromatic carbocycles. The zero-order valence-corrected chi connectivity index (χ0v) is 15.6. The van der Waals surface area contributed by atoms with Crippen LogP contribution >= 0.6 is 12.2 Å². The van der Waals surface area contributed by atoms with Gasteiger partial charge >= 0.3 is 0 Å². The largest absolute Gasteiger partial charge is 0.390 e. The number of aromatic nitrogens is 1. The highest BCUT2D eigenvalue weighted by atomic mass is 32.1. The van der Waals surface area contributed by atoms with Gasteiger partial charge in [0.15, 0.2) is 5.11 Å². The van der Waals surface area contributed by atoms with Gasteiger partial charge in [-0.1, -0.05) is 0 Å². The lowest BCUT2D eigenvalue weighted by Crippen LogP contribution is -2.71.